The van der Waals surface area contributed by atoms with Crippen LogP contribution in [0.4, 0.5) is 0 Å². The smallest absolute Gasteiger partial charge is 0.337 e. The minimum atomic E-state index is -0.422. The molecule has 0 atom stereocenters. The second-order valence-corrected chi connectivity index (χ2v) is 11.6. The number of para-hydroxylation sites is 2. The van der Waals surface area contributed by atoms with Crippen LogP contribution in [-0.2, 0) is 30.9 Å². The van der Waals surface area contributed by atoms with E-state index in [1.807, 2.05) is 4.90 Å². The summed E-state index contributed by atoms with van der Waals surface area (Å²) in [5.41, 5.74) is 7.98. The highest BCUT2D eigenvalue weighted by molar-refractivity contribution is 6.09. The van der Waals surface area contributed by atoms with E-state index in [9.17, 15) is 9.59 Å². The summed E-state index contributed by atoms with van der Waals surface area (Å²) in [4.78, 5) is 28.0. The Hall–Kier alpha value is -5.36. The maximum absolute atomic E-state index is 14.1. The van der Waals surface area contributed by atoms with Crippen molar-refractivity contribution in [1.82, 2.24) is 14.0 Å². The third-order valence-electron chi connectivity index (χ3n) is 9.02. The molecule has 4 aliphatic rings. The first-order valence-corrected chi connectivity index (χ1v) is 15.1. The van der Waals surface area contributed by atoms with Crippen LogP contribution in [0.1, 0.15) is 38.3 Å². The van der Waals surface area contributed by atoms with Crippen molar-refractivity contribution in [3.63, 3.8) is 0 Å². The molecule has 216 valence electrons. The largest absolute Gasteiger partial charge is 0.465 e. The molecule has 5 aromatic carbocycles. The van der Waals surface area contributed by atoms with E-state index in [1.165, 1.54) is 50.7 Å². The molecular formula is C38H31N3O3. The van der Waals surface area contributed by atoms with Crippen molar-refractivity contribution in [1.29, 1.82) is 0 Å². The molecule has 6 nitrogen and oxygen atoms in total. The fourth-order valence-electron chi connectivity index (χ4n) is 6.96. The van der Waals surface area contributed by atoms with E-state index < -0.39 is 5.97 Å². The number of amides is 1. The number of hydrogen-bond donors (Lipinski definition) is 0. The van der Waals surface area contributed by atoms with Crippen molar-refractivity contribution in [2.24, 2.45) is 0 Å². The summed E-state index contributed by atoms with van der Waals surface area (Å²) in [5, 5.41) is 4.87. The van der Waals surface area contributed by atoms with E-state index in [-0.39, 0.29) is 5.91 Å². The monoisotopic (exact) mass is 577 g/mol. The molecule has 0 N–H and O–H groups in total. The Labute approximate surface area is 254 Å². The van der Waals surface area contributed by atoms with E-state index in [1.54, 1.807) is 24.3 Å². The Bertz CT molecular complexity index is 2120. The Kier molecular flexibility index (Phi) is 6.22. The molecule has 0 unspecified atom stereocenters. The molecule has 0 saturated carbocycles. The number of aryl methyl sites for hydroxylation is 2. The summed E-state index contributed by atoms with van der Waals surface area (Å²) in [6, 6.07) is 37.1. The fraction of sp³-hybridized carbons (Fsp3) is 0.158. The number of nitrogens with zero attached hydrogens (tertiary/aromatic N) is 3. The van der Waals surface area contributed by atoms with Crippen molar-refractivity contribution in [3.05, 3.63) is 131 Å². The first kappa shape index (κ1) is 26.3. The number of aromatic nitrogens is 2. The van der Waals surface area contributed by atoms with Crippen LogP contribution in [0.2, 0.25) is 0 Å². The SMILES string of the molecule is COC(=O)c1ccc(C(=O)N2Cc3ccc4c(c3)c3ccccc3n4CCCn3c4ccccc4c4cc(ccc43)C2)cc1. The predicted molar refractivity (Wildman–Crippen MR) is 175 cm³/mol. The number of hydrogen-bond acceptors (Lipinski definition) is 3. The number of ether oxygens (including phenoxy) is 1. The van der Waals surface area contributed by atoms with Crippen LogP contribution in [0, 0.1) is 0 Å². The van der Waals surface area contributed by atoms with E-state index in [0.29, 0.717) is 24.2 Å². The molecule has 1 amide bonds. The Morgan fingerprint density at radius 1 is 0.568 bits per heavy atom. The number of fused-ring (bicyclic) bond motifs is 2. The van der Waals surface area contributed by atoms with Gasteiger partial charge in [0.15, 0.2) is 0 Å². The van der Waals surface area contributed by atoms with E-state index >= 15 is 0 Å². The zero-order valence-corrected chi connectivity index (χ0v) is 24.5. The van der Waals surface area contributed by atoms with Crippen molar-refractivity contribution in [2.45, 2.75) is 32.6 Å². The number of rotatable bonds is 2. The highest BCUT2D eigenvalue weighted by Crippen LogP contribution is 2.33. The molecule has 8 bridgehead atoms. The standard InChI is InChI=1S/C38H31N3O3/c1-44-38(43)28-15-13-27(14-16-28)37(42)39-23-25-11-17-35-31(21-25)29-7-2-4-9-33(29)40(35)19-6-20-41-34-10-5-3-8-30(34)32-22-26(24-39)12-18-36(32)41/h2-5,7-18,21-22H,6,19-20,23-24H2,1H3. The second kappa shape index (κ2) is 10.4. The molecule has 2 aromatic heterocycles. The maximum Gasteiger partial charge on any atom is 0.337 e. The molecule has 4 aliphatic heterocycles. The van der Waals surface area contributed by atoms with Gasteiger partial charge in [0, 0.05) is 75.4 Å². The second-order valence-electron chi connectivity index (χ2n) is 11.6. The highest BCUT2D eigenvalue weighted by Gasteiger charge is 2.21. The quantitative estimate of drug-likeness (QED) is 0.196. The van der Waals surface area contributed by atoms with Crippen molar-refractivity contribution >= 4 is 55.5 Å². The van der Waals surface area contributed by atoms with Crippen LogP contribution >= 0.6 is 0 Å². The predicted octanol–water partition coefficient (Wildman–Crippen LogP) is 7.94. The van der Waals surface area contributed by atoms with Crippen LogP contribution in [-0.4, -0.2) is 33.0 Å². The lowest BCUT2D eigenvalue weighted by Gasteiger charge is -2.24. The van der Waals surface area contributed by atoms with Gasteiger partial charge in [-0.05, 0) is 78.2 Å². The van der Waals surface area contributed by atoms with E-state index in [4.69, 9.17) is 4.74 Å². The Morgan fingerprint density at radius 3 is 1.57 bits per heavy atom. The molecule has 44 heavy (non-hydrogen) atoms. The van der Waals surface area contributed by atoms with Gasteiger partial charge in [-0.25, -0.2) is 4.79 Å². The van der Waals surface area contributed by atoms with Crippen molar-refractivity contribution in [2.75, 3.05) is 7.11 Å². The molecule has 11 rings (SSSR count). The number of carbonyl (C=O) groups is 2. The van der Waals surface area contributed by atoms with E-state index in [2.05, 4.69) is 94.1 Å². The summed E-state index contributed by atoms with van der Waals surface area (Å²) < 4.78 is 9.74. The maximum atomic E-state index is 14.1. The van der Waals surface area contributed by atoms with Crippen LogP contribution in [0.25, 0.3) is 43.6 Å². The summed E-state index contributed by atoms with van der Waals surface area (Å²) >= 11 is 0. The Morgan fingerprint density at radius 2 is 1.05 bits per heavy atom. The van der Waals surface area contributed by atoms with Gasteiger partial charge in [0.2, 0.25) is 0 Å². The number of methoxy groups -OCH3 is 1. The van der Waals surface area contributed by atoms with Gasteiger partial charge in [-0.3, -0.25) is 4.79 Å². The van der Waals surface area contributed by atoms with Crippen LogP contribution < -0.4 is 0 Å². The molecule has 6 heterocycles. The molecule has 0 spiro atoms. The fourth-order valence-corrected chi connectivity index (χ4v) is 6.96. The number of benzene rings is 5. The summed E-state index contributed by atoms with van der Waals surface area (Å²) in [6.45, 7) is 2.71. The molecule has 0 fully saturated rings. The van der Waals surface area contributed by atoms with Crippen molar-refractivity contribution < 1.29 is 14.3 Å². The minimum absolute atomic E-state index is 0.0902. The summed E-state index contributed by atoms with van der Waals surface area (Å²) in [5.74, 6) is -0.512. The van der Waals surface area contributed by atoms with Gasteiger partial charge in [0.1, 0.15) is 0 Å². The Balaban J connectivity index is 1.30. The topological polar surface area (TPSA) is 56.5 Å². The van der Waals surface area contributed by atoms with Crippen LogP contribution in [0.15, 0.2) is 109 Å². The van der Waals surface area contributed by atoms with Crippen LogP contribution in [0.5, 0.6) is 0 Å². The third-order valence-corrected chi connectivity index (χ3v) is 9.02. The highest BCUT2D eigenvalue weighted by atomic mass is 16.5. The van der Waals surface area contributed by atoms with Gasteiger partial charge < -0.3 is 18.8 Å². The lowest BCUT2D eigenvalue weighted by molar-refractivity contribution is 0.0599. The number of esters is 1. The lowest BCUT2D eigenvalue weighted by Crippen LogP contribution is -2.30. The molecule has 6 heteroatoms. The number of carbonyl (C=O) groups excluding carboxylic acids is 2. The molecule has 0 aliphatic carbocycles. The zero-order chi connectivity index (χ0) is 29.8. The van der Waals surface area contributed by atoms with E-state index in [0.717, 1.165) is 30.6 Å². The molecule has 7 aromatic rings. The lowest BCUT2D eigenvalue weighted by atomic mass is 10.1. The first-order chi connectivity index (χ1) is 21.6. The normalized spacial score (nSPS) is 13.7. The van der Waals surface area contributed by atoms with Gasteiger partial charge in [0.05, 0.1) is 12.7 Å². The average Bonchev–Trinajstić information content (AvgIpc) is 3.55. The summed E-state index contributed by atoms with van der Waals surface area (Å²) in [6.07, 6.45) is 1.00. The molecule has 0 saturated heterocycles. The minimum Gasteiger partial charge on any atom is -0.465 e. The molecular weight excluding hydrogens is 546 g/mol. The summed E-state index contributed by atoms with van der Waals surface area (Å²) in [7, 11) is 1.36. The van der Waals surface area contributed by atoms with Gasteiger partial charge in [0.25, 0.3) is 5.91 Å². The first-order valence-electron chi connectivity index (χ1n) is 15.1. The molecule has 0 radical (unpaired) electrons. The third kappa shape index (κ3) is 4.25. The van der Waals surface area contributed by atoms with Gasteiger partial charge in [-0.15, -0.1) is 0 Å². The average molecular weight is 578 g/mol. The van der Waals surface area contributed by atoms with Gasteiger partial charge >= 0.3 is 5.97 Å². The van der Waals surface area contributed by atoms with Crippen LogP contribution in [0.3, 0.4) is 0 Å². The van der Waals surface area contributed by atoms with Crippen molar-refractivity contribution in [3.8, 4) is 0 Å². The zero-order valence-electron chi connectivity index (χ0n) is 24.5. The van der Waals surface area contributed by atoms with Gasteiger partial charge in [-0.1, -0.05) is 48.5 Å². The van der Waals surface area contributed by atoms with Gasteiger partial charge in [-0.2, -0.15) is 0 Å².